The highest BCUT2D eigenvalue weighted by atomic mass is 35.5. The van der Waals surface area contributed by atoms with E-state index in [1.54, 1.807) is 12.3 Å². The molecular weight excluding hydrogens is 128 g/mol. The third-order valence-electron chi connectivity index (χ3n) is 0.719. The van der Waals surface area contributed by atoms with Gasteiger partial charge in [0.05, 0.1) is 6.20 Å². The molecule has 4 nitrogen and oxygen atoms in total. The van der Waals surface area contributed by atoms with E-state index in [4.69, 9.17) is 17.4 Å². The predicted molar refractivity (Wildman–Crippen MR) is 30.8 cm³/mol. The molecule has 0 fully saturated rings. The molecule has 1 heterocycles. The molecule has 0 spiro atoms. The van der Waals surface area contributed by atoms with E-state index < -0.39 is 0 Å². The summed E-state index contributed by atoms with van der Waals surface area (Å²) in [7, 11) is 0. The summed E-state index contributed by atoms with van der Waals surface area (Å²) in [5.74, 6) is 4.96. The summed E-state index contributed by atoms with van der Waals surface area (Å²) < 4.78 is 0. The van der Waals surface area contributed by atoms with Crippen LogP contribution in [0.1, 0.15) is 0 Å². The maximum absolute atomic E-state index is 5.50. The fourth-order valence-electron chi connectivity index (χ4n) is 0.382. The van der Waals surface area contributed by atoms with Crippen LogP contribution >= 0.6 is 11.6 Å². The van der Waals surface area contributed by atoms with Gasteiger partial charge in [-0.3, -0.25) is 0 Å². The highest BCUT2D eigenvalue weighted by molar-refractivity contribution is 6.29. The molecule has 1 rings (SSSR count). The number of halogens is 1. The van der Waals surface area contributed by atoms with E-state index in [9.17, 15) is 0 Å². The van der Waals surface area contributed by atoms with Crippen molar-refractivity contribution in [1.29, 1.82) is 0 Å². The highest BCUT2D eigenvalue weighted by Gasteiger charge is 1.91. The lowest BCUT2D eigenvalue weighted by molar-refractivity contribution is 0.754. The first kappa shape index (κ1) is 5.40. The van der Waals surface area contributed by atoms with Gasteiger partial charge in [-0.15, -0.1) is 0 Å². The molecule has 8 heavy (non-hydrogen) atoms. The lowest BCUT2D eigenvalue weighted by atomic mass is 10.8. The second kappa shape index (κ2) is 2.02. The summed E-state index contributed by atoms with van der Waals surface area (Å²) in [5, 5.41) is 4.15. The molecule has 0 unspecified atom stereocenters. The Kier molecular flexibility index (Phi) is 1.36. The van der Waals surface area contributed by atoms with Crippen molar-refractivity contribution in [3.05, 3.63) is 17.4 Å². The number of aromatic nitrogens is 2. The molecule has 0 saturated carbocycles. The van der Waals surface area contributed by atoms with Crippen LogP contribution in [0.15, 0.2) is 12.3 Å². The molecule has 0 radical (unpaired) electrons. The van der Waals surface area contributed by atoms with Crippen molar-refractivity contribution >= 4 is 11.6 Å². The summed E-state index contributed by atoms with van der Waals surface area (Å²) in [6.45, 7) is 0. The van der Waals surface area contributed by atoms with Crippen molar-refractivity contribution in [2.45, 2.75) is 0 Å². The number of nitrogens with zero attached hydrogens (tertiary/aromatic N) is 2. The van der Waals surface area contributed by atoms with Crippen LogP contribution in [-0.4, -0.2) is 9.89 Å². The first-order valence-electron chi connectivity index (χ1n) is 2.01. The van der Waals surface area contributed by atoms with Gasteiger partial charge in [-0.25, -0.2) is 11.4 Å². The van der Waals surface area contributed by atoms with Crippen molar-refractivity contribution < 1.29 is 0 Å². The molecule has 0 atom stereocenters. The zero-order valence-electron chi connectivity index (χ0n) is 4.00. The zero-order chi connectivity index (χ0) is 5.98. The largest absolute Gasteiger partial charge is 0.244 e. The van der Waals surface area contributed by atoms with Crippen molar-refractivity contribution in [2.24, 2.45) is 5.84 Å². The van der Waals surface area contributed by atoms with Gasteiger partial charge in [-0.1, -0.05) is 11.6 Å². The minimum Gasteiger partial charge on any atom is -0.244 e. The predicted octanol–water partition coefficient (Wildman–Crippen LogP) is -0.0463. The van der Waals surface area contributed by atoms with Crippen molar-refractivity contribution in [3.63, 3.8) is 0 Å². The van der Waals surface area contributed by atoms with E-state index in [0.29, 0.717) is 5.15 Å². The van der Waals surface area contributed by atoms with Gasteiger partial charge in [-0.2, -0.15) is 9.89 Å². The SMILES string of the molecule is NNn1nccc1Cl. The van der Waals surface area contributed by atoms with Gasteiger partial charge in [0.15, 0.2) is 5.15 Å². The number of hydrogen-bond acceptors (Lipinski definition) is 3. The summed E-state index contributed by atoms with van der Waals surface area (Å²) in [6.07, 6.45) is 1.54. The van der Waals surface area contributed by atoms with Crippen LogP contribution in [0, 0.1) is 0 Å². The molecule has 1 aromatic heterocycles. The zero-order valence-corrected chi connectivity index (χ0v) is 4.76. The van der Waals surface area contributed by atoms with Gasteiger partial charge in [0.1, 0.15) is 0 Å². The minimum absolute atomic E-state index is 0.465. The van der Waals surface area contributed by atoms with Crippen molar-refractivity contribution in [3.8, 4) is 0 Å². The number of hydrazine groups is 1. The fourth-order valence-corrected chi connectivity index (χ4v) is 0.531. The molecule has 3 N–H and O–H groups in total. The Labute approximate surface area is 51.2 Å². The Morgan fingerprint density at radius 3 is 2.88 bits per heavy atom. The van der Waals surface area contributed by atoms with E-state index in [1.807, 2.05) is 0 Å². The normalized spacial score (nSPS) is 9.25. The Morgan fingerprint density at radius 2 is 2.62 bits per heavy atom. The van der Waals surface area contributed by atoms with E-state index in [2.05, 4.69) is 10.6 Å². The molecule has 0 bridgehead atoms. The summed E-state index contributed by atoms with van der Waals surface area (Å²) in [4.78, 5) is 1.25. The quantitative estimate of drug-likeness (QED) is 0.416. The number of nitrogens with two attached hydrogens (primary N) is 1. The van der Waals surface area contributed by atoms with E-state index in [1.165, 1.54) is 4.79 Å². The Morgan fingerprint density at radius 1 is 1.88 bits per heavy atom. The van der Waals surface area contributed by atoms with Gasteiger partial charge >= 0.3 is 0 Å². The van der Waals surface area contributed by atoms with Gasteiger partial charge in [0.2, 0.25) is 0 Å². The second-order valence-electron chi connectivity index (χ2n) is 1.19. The third-order valence-corrected chi connectivity index (χ3v) is 1.00. The van der Waals surface area contributed by atoms with E-state index >= 15 is 0 Å². The standard InChI is InChI=1S/C3H5ClN4/c4-3-1-2-6-8(3)7-5/h1-2,7H,5H2. The highest BCUT2D eigenvalue weighted by Crippen LogP contribution is 2.01. The van der Waals surface area contributed by atoms with Crippen LogP contribution in [0.4, 0.5) is 0 Å². The third kappa shape index (κ3) is 0.753. The Bertz CT molecular complexity index is 172. The molecule has 0 aromatic carbocycles. The van der Waals surface area contributed by atoms with Crippen LogP contribution in [-0.2, 0) is 0 Å². The lowest BCUT2D eigenvalue weighted by Crippen LogP contribution is -2.22. The maximum atomic E-state index is 5.50. The van der Waals surface area contributed by atoms with Crippen LogP contribution in [0.5, 0.6) is 0 Å². The van der Waals surface area contributed by atoms with Crippen molar-refractivity contribution in [2.75, 3.05) is 5.53 Å². The fraction of sp³-hybridized carbons (Fsp3) is 0. The number of nitrogens with one attached hydrogen (secondary N) is 1. The van der Waals surface area contributed by atoms with Gasteiger partial charge in [0.25, 0.3) is 0 Å². The average Bonchev–Trinajstić information content (AvgIpc) is 2.14. The molecule has 5 heteroatoms. The van der Waals surface area contributed by atoms with E-state index in [0.717, 1.165) is 0 Å². The minimum atomic E-state index is 0.465. The molecule has 0 aliphatic rings. The smallest absolute Gasteiger partial charge is 0.152 e. The van der Waals surface area contributed by atoms with Crippen LogP contribution in [0.3, 0.4) is 0 Å². The number of nitrogen functional groups attached to an aromatic ring is 1. The molecule has 0 aliphatic carbocycles. The van der Waals surface area contributed by atoms with Gasteiger partial charge in [0, 0.05) is 0 Å². The van der Waals surface area contributed by atoms with Crippen LogP contribution < -0.4 is 11.4 Å². The van der Waals surface area contributed by atoms with Gasteiger partial charge in [-0.05, 0) is 6.07 Å². The van der Waals surface area contributed by atoms with E-state index in [-0.39, 0.29) is 0 Å². The second-order valence-corrected chi connectivity index (χ2v) is 1.58. The molecule has 0 saturated heterocycles. The van der Waals surface area contributed by atoms with Crippen LogP contribution in [0.2, 0.25) is 5.15 Å². The molecule has 1 aromatic rings. The molecular formula is C3H5ClN4. The first-order chi connectivity index (χ1) is 3.84. The summed E-state index contributed by atoms with van der Waals surface area (Å²) in [6, 6.07) is 1.63. The summed E-state index contributed by atoms with van der Waals surface area (Å²) >= 11 is 5.50. The number of hydrogen-bond donors (Lipinski definition) is 2. The Hall–Kier alpha value is -0.740. The first-order valence-corrected chi connectivity index (χ1v) is 2.38. The monoisotopic (exact) mass is 132 g/mol. The molecule has 0 amide bonds. The van der Waals surface area contributed by atoms with Crippen LogP contribution in [0.25, 0.3) is 0 Å². The van der Waals surface area contributed by atoms with Gasteiger partial charge < -0.3 is 0 Å². The lowest BCUT2D eigenvalue weighted by Gasteiger charge is -1.96. The molecule has 44 valence electrons. The maximum Gasteiger partial charge on any atom is 0.152 e. The molecule has 0 aliphatic heterocycles. The summed E-state index contributed by atoms with van der Waals surface area (Å²) in [5.41, 5.74) is 2.25. The Balaban J connectivity index is 2.92. The average molecular weight is 133 g/mol. The van der Waals surface area contributed by atoms with Crippen molar-refractivity contribution in [1.82, 2.24) is 9.89 Å². The topological polar surface area (TPSA) is 55.9 Å². The number of rotatable bonds is 1.